The first-order valence-corrected chi connectivity index (χ1v) is 5.98. The van der Waals surface area contributed by atoms with Gasteiger partial charge in [-0.05, 0) is 12.8 Å². The Bertz CT molecular complexity index is 209. The van der Waals surface area contributed by atoms with E-state index in [-0.39, 0.29) is 11.9 Å². The zero-order chi connectivity index (χ0) is 10.5. The standard InChI is InChI=1S/C11H20N2O2/c14-11(10-8-15-7-6-12-10)13-9-4-2-1-3-5-9/h9-10,12H,1-8H2,(H,13,14). The molecule has 1 saturated carbocycles. The highest BCUT2D eigenvalue weighted by atomic mass is 16.5. The topological polar surface area (TPSA) is 50.4 Å². The fourth-order valence-corrected chi connectivity index (χ4v) is 2.28. The van der Waals surface area contributed by atoms with E-state index in [9.17, 15) is 4.79 Å². The normalized spacial score (nSPS) is 28.7. The Kier molecular flexibility index (Phi) is 3.97. The number of hydrogen-bond donors (Lipinski definition) is 2. The first-order chi connectivity index (χ1) is 7.36. The van der Waals surface area contributed by atoms with Gasteiger partial charge >= 0.3 is 0 Å². The number of nitrogens with one attached hydrogen (secondary N) is 2. The Balaban J connectivity index is 1.74. The highest BCUT2D eigenvalue weighted by Gasteiger charge is 2.24. The quantitative estimate of drug-likeness (QED) is 0.697. The van der Waals surface area contributed by atoms with Gasteiger partial charge in [0.05, 0.1) is 13.2 Å². The Labute approximate surface area is 90.8 Å². The lowest BCUT2D eigenvalue weighted by molar-refractivity contribution is -0.126. The highest BCUT2D eigenvalue weighted by Crippen LogP contribution is 2.17. The van der Waals surface area contributed by atoms with Crippen LogP contribution in [-0.2, 0) is 9.53 Å². The number of carbonyl (C=O) groups excluding carboxylic acids is 1. The van der Waals surface area contributed by atoms with Gasteiger partial charge in [-0.25, -0.2) is 0 Å². The minimum atomic E-state index is -0.138. The van der Waals surface area contributed by atoms with Crippen LogP contribution in [0.3, 0.4) is 0 Å². The highest BCUT2D eigenvalue weighted by molar-refractivity contribution is 5.82. The molecule has 0 radical (unpaired) electrons. The summed E-state index contributed by atoms with van der Waals surface area (Å²) in [6, 6.07) is 0.260. The molecule has 0 aromatic heterocycles. The first-order valence-electron chi connectivity index (χ1n) is 5.98. The summed E-state index contributed by atoms with van der Waals surface area (Å²) in [6.07, 6.45) is 6.09. The van der Waals surface area contributed by atoms with Crippen LogP contribution >= 0.6 is 0 Å². The molecule has 2 N–H and O–H groups in total. The second-order valence-electron chi connectivity index (χ2n) is 4.43. The SMILES string of the molecule is O=C(NC1CCCCC1)C1COCCN1. The van der Waals surface area contributed by atoms with E-state index < -0.39 is 0 Å². The van der Waals surface area contributed by atoms with Crippen LogP contribution in [0.15, 0.2) is 0 Å². The summed E-state index contributed by atoms with van der Waals surface area (Å²) in [5.41, 5.74) is 0. The van der Waals surface area contributed by atoms with E-state index in [0.717, 1.165) is 19.4 Å². The van der Waals surface area contributed by atoms with Gasteiger partial charge in [-0.1, -0.05) is 19.3 Å². The molecular weight excluding hydrogens is 192 g/mol. The fraction of sp³-hybridized carbons (Fsp3) is 0.909. The third-order valence-electron chi connectivity index (χ3n) is 3.19. The molecule has 1 aliphatic heterocycles. The van der Waals surface area contributed by atoms with Crippen molar-refractivity contribution in [1.82, 2.24) is 10.6 Å². The van der Waals surface area contributed by atoms with E-state index in [4.69, 9.17) is 4.74 Å². The molecule has 1 amide bonds. The maximum absolute atomic E-state index is 11.8. The second-order valence-corrected chi connectivity index (χ2v) is 4.43. The van der Waals surface area contributed by atoms with Crippen molar-refractivity contribution in [1.29, 1.82) is 0 Å². The Morgan fingerprint density at radius 3 is 2.73 bits per heavy atom. The molecule has 15 heavy (non-hydrogen) atoms. The molecule has 1 unspecified atom stereocenters. The van der Waals surface area contributed by atoms with E-state index >= 15 is 0 Å². The zero-order valence-electron chi connectivity index (χ0n) is 9.13. The van der Waals surface area contributed by atoms with Crippen LogP contribution in [0.25, 0.3) is 0 Å². The number of rotatable bonds is 2. The molecule has 1 heterocycles. The molecule has 86 valence electrons. The smallest absolute Gasteiger partial charge is 0.239 e. The number of ether oxygens (including phenoxy) is 1. The Morgan fingerprint density at radius 2 is 2.07 bits per heavy atom. The molecule has 2 fully saturated rings. The molecule has 0 bridgehead atoms. The monoisotopic (exact) mass is 212 g/mol. The van der Waals surface area contributed by atoms with Crippen LogP contribution in [0.1, 0.15) is 32.1 Å². The van der Waals surface area contributed by atoms with Gasteiger partial charge in [0.25, 0.3) is 0 Å². The largest absolute Gasteiger partial charge is 0.378 e. The molecule has 4 heteroatoms. The first kappa shape index (κ1) is 10.9. The summed E-state index contributed by atoms with van der Waals surface area (Å²) in [7, 11) is 0. The van der Waals surface area contributed by atoms with Gasteiger partial charge in [0.2, 0.25) is 5.91 Å². The van der Waals surface area contributed by atoms with E-state index in [2.05, 4.69) is 10.6 Å². The molecule has 1 saturated heterocycles. The van der Waals surface area contributed by atoms with Crippen molar-refractivity contribution in [3.63, 3.8) is 0 Å². The Morgan fingerprint density at radius 1 is 1.27 bits per heavy atom. The van der Waals surface area contributed by atoms with Crippen molar-refractivity contribution < 1.29 is 9.53 Å². The number of hydrogen-bond acceptors (Lipinski definition) is 3. The van der Waals surface area contributed by atoms with Crippen LogP contribution in [0.4, 0.5) is 0 Å². The van der Waals surface area contributed by atoms with E-state index in [1.807, 2.05) is 0 Å². The van der Waals surface area contributed by atoms with Gasteiger partial charge in [0.15, 0.2) is 0 Å². The van der Waals surface area contributed by atoms with Crippen molar-refractivity contribution in [2.24, 2.45) is 0 Å². The molecule has 1 aliphatic carbocycles. The van der Waals surface area contributed by atoms with Crippen LogP contribution in [-0.4, -0.2) is 37.7 Å². The minimum absolute atomic E-state index is 0.113. The van der Waals surface area contributed by atoms with Gasteiger partial charge < -0.3 is 15.4 Å². The summed E-state index contributed by atoms with van der Waals surface area (Å²) in [5, 5.41) is 6.28. The number of carbonyl (C=O) groups is 1. The molecule has 1 atom stereocenters. The predicted octanol–water partition coefficient (Wildman–Crippen LogP) is 0.424. The summed E-state index contributed by atoms with van der Waals surface area (Å²) in [4.78, 5) is 11.8. The van der Waals surface area contributed by atoms with E-state index in [0.29, 0.717) is 19.3 Å². The van der Waals surface area contributed by atoms with Crippen LogP contribution < -0.4 is 10.6 Å². The Hall–Kier alpha value is -0.610. The summed E-state index contributed by atoms with van der Waals surface area (Å²) in [5.74, 6) is 0.113. The van der Waals surface area contributed by atoms with Crippen molar-refractivity contribution in [2.75, 3.05) is 19.8 Å². The molecule has 0 aromatic carbocycles. The maximum Gasteiger partial charge on any atom is 0.239 e. The average Bonchev–Trinajstić information content (AvgIpc) is 2.31. The molecule has 2 rings (SSSR count). The summed E-state index contributed by atoms with van der Waals surface area (Å²) in [6.45, 7) is 2.01. The molecule has 2 aliphatic rings. The molecule has 0 spiro atoms. The molecular formula is C11H20N2O2. The zero-order valence-corrected chi connectivity index (χ0v) is 9.13. The van der Waals surface area contributed by atoms with E-state index in [1.54, 1.807) is 0 Å². The van der Waals surface area contributed by atoms with Crippen LogP contribution in [0.5, 0.6) is 0 Å². The van der Waals surface area contributed by atoms with Crippen LogP contribution in [0, 0.1) is 0 Å². The van der Waals surface area contributed by atoms with Gasteiger partial charge in [0, 0.05) is 12.6 Å². The number of morpholine rings is 1. The number of amides is 1. The average molecular weight is 212 g/mol. The fourth-order valence-electron chi connectivity index (χ4n) is 2.28. The minimum Gasteiger partial charge on any atom is -0.378 e. The lowest BCUT2D eigenvalue weighted by Crippen LogP contribution is -2.53. The second kappa shape index (κ2) is 5.47. The third-order valence-corrected chi connectivity index (χ3v) is 3.19. The maximum atomic E-state index is 11.8. The van der Waals surface area contributed by atoms with Gasteiger partial charge in [-0.3, -0.25) is 4.79 Å². The van der Waals surface area contributed by atoms with Gasteiger partial charge in [-0.2, -0.15) is 0 Å². The van der Waals surface area contributed by atoms with Gasteiger partial charge in [-0.15, -0.1) is 0 Å². The van der Waals surface area contributed by atoms with E-state index in [1.165, 1.54) is 19.3 Å². The molecule has 0 aromatic rings. The third kappa shape index (κ3) is 3.18. The van der Waals surface area contributed by atoms with Crippen LogP contribution in [0.2, 0.25) is 0 Å². The van der Waals surface area contributed by atoms with Crippen molar-refractivity contribution in [3.05, 3.63) is 0 Å². The lowest BCUT2D eigenvalue weighted by atomic mass is 9.95. The lowest BCUT2D eigenvalue weighted by Gasteiger charge is -2.27. The van der Waals surface area contributed by atoms with Crippen molar-refractivity contribution in [2.45, 2.75) is 44.2 Å². The molecule has 4 nitrogen and oxygen atoms in total. The van der Waals surface area contributed by atoms with Crippen molar-refractivity contribution in [3.8, 4) is 0 Å². The van der Waals surface area contributed by atoms with Crippen molar-refractivity contribution >= 4 is 5.91 Å². The summed E-state index contributed by atoms with van der Waals surface area (Å²) < 4.78 is 5.27. The predicted molar refractivity (Wildman–Crippen MR) is 57.6 cm³/mol. The summed E-state index contributed by atoms with van der Waals surface area (Å²) >= 11 is 0. The van der Waals surface area contributed by atoms with Gasteiger partial charge in [0.1, 0.15) is 6.04 Å².